The molecule has 0 unspecified atom stereocenters. The maximum Gasteiger partial charge on any atom is 0.169 e. The van der Waals surface area contributed by atoms with Crippen LogP contribution in [0.3, 0.4) is 0 Å². The Hall–Kier alpha value is -2.07. The normalized spacial score (nSPS) is 10.9. The van der Waals surface area contributed by atoms with E-state index in [2.05, 4.69) is 10.2 Å². The van der Waals surface area contributed by atoms with Crippen molar-refractivity contribution in [1.82, 2.24) is 0 Å². The molecular formula is C12H9ClN2O2. The maximum atomic E-state index is 9.48. The summed E-state index contributed by atoms with van der Waals surface area (Å²) in [6.07, 6.45) is 0. The molecule has 2 N–H and O–H groups in total. The van der Waals surface area contributed by atoms with Crippen molar-refractivity contribution >= 4 is 23.0 Å². The van der Waals surface area contributed by atoms with Crippen molar-refractivity contribution in [1.29, 1.82) is 0 Å². The van der Waals surface area contributed by atoms with Gasteiger partial charge < -0.3 is 10.2 Å². The van der Waals surface area contributed by atoms with Gasteiger partial charge in [-0.15, -0.1) is 5.11 Å². The first kappa shape index (κ1) is 11.4. The third kappa shape index (κ3) is 2.73. The summed E-state index contributed by atoms with van der Waals surface area (Å²) < 4.78 is 0. The van der Waals surface area contributed by atoms with Crippen molar-refractivity contribution < 1.29 is 10.2 Å². The van der Waals surface area contributed by atoms with Gasteiger partial charge >= 0.3 is 0 Å². The molecule has 2 aromatic rings. The van der Waals surface area contributed by atoms with Crippen LogP contribution in [0.2, 0.25) is 5.02 Å². The highest BCUT2D eigenvalue weighted by Crippen LogP contribution is 2.36. The standard InChI is InChI=1S/C12H9ClN2O2/c13-8-4-6-9(7-5-8)14-15-12-10(16)2-1-3-11(12)17/h1-7,16-17H/b15-14+. The molecule has 4 nitrogen and oxygen atoms in total. The number of phenolic OH excluding ortho intramolecular Hbond substituents is 2. The van der Waals surface area contributed by atoms with Crippen LogP contribution in [-0.4, -0.2) is 10.2 Å². The topological polar surface area (TPSA) is 65.2 Å². The number of rotatable bonds is 2. The van der Waals surface area contributed by atoms with Gasteiger partial charge in [0.15, 0.2) is 5.69 Å². The van der Waals surface area contributed by atoms with Gasteiger partial charge in [0.1, 0.15) is 11.5 Å². The molecule has 0 atom stereocenters. The van der Waals surface area contributed by atoms with E-state index in [9.17, 15) is 10.2 Å². The third-order valence-corrected chi connectivity index (χ3v) is 2.34. The minimum absolute atomic E-state index is 0.0439. The zero-order valence-corrected chi connectivity index (χ0v) is 9.46. The van der Waals surface area contributed by atoms with Gasteiger partial charge in [-0.2, -0.15) is 5.11 Å². The first-order chi connectivity index (χ1) is 8.16. The first-order valence-electron chi connectivity index (χ1n) is 4.85. The number of halogens is 1. The molecule has 0 aliphatic rings. The molecule has 0 aromatic heterocycles. The van der Waals surface area contributed by atoms with Gasteiger partial charge in [-0.05, 0) is 36.4 Å². The lowest BCUT2D eigenvalue weighted by Crippen LogP contribution is -1.70. The summed E-state index contributed by atoms with van der Waals surface area (Å²) in [5.41, 5.74) is 0.625. The van der Waals surface area contributed by atoms with Crippen LogP contribution in [0.5, 0.6) is 11.5 Å². The molecule has 0 aliphatic heterocycles. The molecule has 17 heavy (non-hydrogen) atoms. The van der Waals surface area contributed by atoms with Crippen LogP contribution in [0.15, 0.2) is 52.7 Å². The number of phenols is 2. The van der Waals surface area contributed by atoms with Crippen molar-refractivity contribution in [3.63, 3.8) is 0 Å². The lowest BCUT2D eigenvalue weighted by atomic mass is 10.3. The monoisotopic (exact) mass is 248 g/mol. The van der Waals surface area contributed by atoms with Crippen molar-refractivity contribution in [3.05, 3.63) is 47.5 Å². The molecular weight excluding hydrogens is 240 g/mol. The Bertz CT molecular complexity index is 533. The maximum absolute atomic E-state index is 9.48. The van der Waals surface area contributed by atoms with E-state index >= 15 is 0 Å². The van der Waals surface area contributed by atoms with E-state index in [1.165, 1.54) is 18.2 Å². The Labute approximate surface area is 103 Å². The van der Waals surface area contributed by atoms with E-state index < -0.39 is 0 Å². The van der Waals surface area contributed by atoms with Crippen LogP contribution in [-0.2, 0) is 0 Å². The number of aromatic hydroxyl groups is 2. The second-order valence-corrected chi connectivity index (χ2v) is 3.76. The van der Waals surface area contributed by atoms with Crippen LogP contribution in [0.1, 0.15) is 0 Å². The molecule has 0 amide bonds. The number of hydrogen-bond acceptors (Lipinski definition) is 4. The van der Waals surface area contributed by atoms with E-state index in [1.807, 2.05) is 0 Å². The molecule has 0 bridgehead atoms. The third-order valence-electron chi connectivity index (χ3n) is 2.09. The van der Waals surface area contributed by atoms with Crippen LogP contribution in [0.4, 0.5) is 11.4 Å². The molecule has 2 aromatic carbocycles. The van der Waals surface area contributed by atoms with E-state index in [0.29, 0.717) is 10.7 Å². The lowest BCUT2D eigenvalue weighted by Gasteiger charge is -1.99. The second-order valence-electron chi connectivity index (χ2n) is 3.32. The minimum Gasteiger partial charge on any atom is -0.505 e. The van der Waals surface area contributed by atoms with E-state index in [0.717, 1.165) is 0 Å². The molecule has 0 spiro atoms. The Morgan fingerprint density at radius 3 is 2.00 bits per heavy atom. The molecule has 0 aliphatic carbocycles. The smallest absolute Gasteiger partial charge is 0.169 e. The fourth-order valence-electron chi connectivity index (χ4n) is 1.24. The molecule has 0 saturated heterocycles. The Morgan fingerprint density at radius 1 is 0.824 bits per heavy atom. The van der Waals surface area contributed by atoms with E-state index in [4.69, 9.17) is 11.6 Å². The highest BCUT2D eigenvalue weighted by molar-refractivity contribution is 6.30. The van der Waals surface area contributed by atoms with Gasteiger partial charge in [-0.25, -0.2) is 0 Å². The van der Waals surface area contributed by atoms with E-state index in [1.54, 1.807) is 24.3 Å². The van der Waals surface area contributed by atoms with Crippen molar-refractivity contribution in [2.75, 3.05) is 0 Å². The zero-order chi connectivity index (χ0) is 12.3. The molecule has 0 fully saturated rings. The summed E-state index contributed by atoms with van der Waals surface area (Å²) in [6.45, 7) is 0. The molecule has 5 heteroatoms. The van der Waals surface area contributed by atoms with Gasteiger partial charge in [0.2, 0.25) is 0 Å². The predicted octanol–water partition coefficient (Wildman–Crippen LogP) is 4.17. The summed E-state index contributed by atoms with van der Waals surface area (Å²) in [4.78, 5) is 0. The van der Waals surface area contributed by atoms with E-state index in [-0.39, 0.29) is 17.2 Å². The number of azo groups is 1. The van der Waals surface area contributed by atoms with Gasteiger partial charge in [0, 0.05) is 5.02 Å². The van der Waals surface area contributed by atoms with Crippen LogP contribution in [0, 0.1) is 0 Å². The van der Waals surface area contributed by atoms with Crippen LogP contribution >= 0.6 is 11.6 Å². The van der Waals surface area contributed by atoms with Crippen LogP contribution < -0.4 is 0 Å². The highest BCUT2D eigenvalue weighted by atomic mass is 35.5. The fourth-order valence-corrected chi connectivity index (χ4v) is 1.36. The molecule has 0 saturated carbocycles. The average molecular weight is 249 g/mol. The van der Waals surface area contributed by atoms with Crippen molar-refractivity contribution in [2.45, 2.75) is 0 Å². The largest absolute Gasteiger partial charge is 0.505 e. The Morgan fingerprint density at radius 2 is 1.41 bits per heavy atom. The quantitative estimate of drug-likeness (QED) is 0.784. The first-order valence-corrected chi connectivity index (χ1v) is 5.23. The van der Waals surface area contributed by atoms with Crippen LogP contribution in [0.25, 0.3) is 0 Å². The fraction of sp³-hybridized carbons (Fsp3) is 0. The summed E-state index contributed by atoms with van der Waals surface area (Å²) >= 11 is 5.73. The molecule has 86 valence electrons. The SMILES string of the molecule is Oc1cccc(O)c1/N=N/c1ccc(Cl)cc1. The van der Waals surface area contributed by atoms with Crippen molar-refractivity contribution in [3.8, 4) is 11.5 Å². The van der Waals surface area contributed by atoms with Gasteiger partial charge in [0.05, 0.1) is 5.69 Å². The van der Waals surface area contributed by atoms with Gasteiger partial charge in [-0.3, -0.25) is 0 Å². The summed E-state index contributed by atoms with van der Waals surface area (Å²) in [6, 6.07) is 11.1. The van der Waals surface area contributed by atoms with Gasteiger partial charge in [-0.1, -0.05) is 17.7 Å². The number of benzene rings is 2. The predicted molar refractivity (Wildman–Crippen MR) is 65.4 cm³/mol. The zero-order valence-electron chi connectivity index (χ0n) is 8.71. The Kier molecular flexibility index (Phi) is 3.25. The Balaban J connectivity index is 2.29. The minimum atomic E-state index is -0.122. The molecule has 2 rings (SSSR count). The molecule has 0 heterocycles. The highest BCUT2D eigenvalue weighted by Gasteiger charge is 2.04. The summed E-state index contributed by atoms with van der Waals surface area (Å²) in [5, 5.41) is 27.2. The number of hydrogen-bond donors (Lipinski definition) is 2. The average Bonchev–Trinajstić information content (AvgIpc) is 2.31. The summed E-state index contributed by atoms with van der Waals surface area (Å²) in [5.74, 6) is -0.245. The lowest BCUT2D eigenvalue weighted by molar-refractivity contribution is 0.452. The molecule has 0 radical (unpaired) electrons. The second kappa shape index (κ2) is 4.84. The van der Waals surface area contributed by atoms with Crippen molar-refractivity contribution in [2.24, 2.45) is 10.2 Å². The number of nitrogens with zero attached hydrogens (tertiary/aromatic N) is 2. The van der Waals surface area contributed by atoms with Gasteiger partial charge in [0.25, 0.3) is 0 Å². The summed E-state index contributed by atoms with van der Waals surface area (Å²) in [7, 11) is 0.